The van der Waals surface area contributed by atoms with Crippen LogP contribution in [0.25, 0.3) is 0 Å². The lowest BCUT2D eigenvalue weighted by Crippen LogP contribution is -2.15. The minimum absolute atomic E-state index is 0.453. The zero-order valence-electron chi connectivity index (χ0n) is 10.0. The van der Waals surface area contributed by atoms with E-state index < -0.39 is 28.9 Å². The summed E-state index contributed by atoms with van der Waals surface area (Å²) in [5.74, 6) is -5.31. The first-order valence-electron chi connectivity index (χ1n) is 5.50. The average Bonchev–Trinajstić information content (AvgIpc) is 2.36. The van der Waals surface area contributed by atoms with Crippen molar-refractivity contribution >= 4 is 11.6 Å². The molecule has 0 unspecified atom stereocenters. The number of hydrogen-bond donors (Lipinski definition) is 1. The van der Waals surface area contributed by atoms with Crippen LogP contribution in [-0.2, 0) is 0 Å². The Labute approximate surface area is 107 Å². The molecule has 5 heteroatoms. The van der Waals surface area contributed by atoms with Gasteiger partial charge in [-0.3, -0.25) is 4.79 Å². The molecule has 0 atom stereocenters. The molecular weight excluding hydrogens is 255 g/mol. The van der Waals surface area contributed by atoms with Gasteiger partial charge < -0.3 is 5.32 Å². The van der Waals surface area contributed by atoms with Crippen LogP contribution < -0.4 is 5.32 Å². The van der Waals surface area contributed by atoms with Crippen molar-refractivity contribution < 1.29 is 18.0 Å². The first-order valence-corrected chi connectivity index (χ1v) is 5.50. The minimum Gasteiger partial charge on any atom is -0.322 e. The third-order valence-electron chi connectivity index (χ3n) is 2.56. The Morgan fingerprint density at radius 2 is 1.79 bits per heavy atom. The second kappa shape index (κ2) is 5.14. The topological polar surface area (TPSA) is 29.1 Å². The van der Waals surface area contributed by atoms with Gasteiger partial charge in [0.1, 0.15) is 0 Å². The molecule has 0 aromatic heterocycles. The van der Waals surface area contributed by atoms with Crippen LogP contribution in [-0.4, -0.2) is 5.91 Å². The molecule has 98 valence electrons. The lowest BCUT2D eigenvalue weighted by atomic mass is 10.1. The van der Waals surface area contributed by atoms with Gasteiger partial charge in [0.25, 0.3) is 5.91 Å². The highest BCUT2D eigenvalue weighted by atomic mass is 19.2. The van der Waals surface area contributed by atoms with Crippen molar-refractivity contribution in [2.45, 2.75) is 6.92 Å². The summed E-state index contributed by atoms with van der Waals surface area (Å²) in [5.41, 5.74) is 0.818. The van der Waals surface area contributed by atoms with E-state index in [0.717, 1.165) is 11.6 Å². The first-order chi connectivity index (χ1) is 8.99. The quantitative estimate of drug-likeness (QED) is 0.825. The van der Waals surface area contributed by atoms with Crippen LogP contribution in [0.5, 0.6) is 0 Å². The monoisotopic (exact) mass is 265 g/mol. The van der Waals surface area contributed by atoms with Crippen LogP contribution in [0.4, 0.5) is 18.9 Å². The molecule has 0 aliphatic heterocycles. The number of aryl methyl sites for hydroxylation is 1. The number of nitrogens with one attached hydrogen (secondary N) is 1. The van der Waals surface area contributed by atoms with E-state index in [1.807, 2.05) is 13.0 Å². The summed E-state index contributed by atoms with van der Waals surface area (Å²) in [4.78, 5) is 11.8. The largest absolute Gasteiger partial charge is 0.322 e. The number of amides is 1. The zero-order valence-corrected chi connectivity index (χ0v) is 10.0. The van der Waals surface area contributed by atoms with Crippen LogP contribution in [0.3, 0.4) is 0 Å². The number of hydrogen-bond acceptors (Lipinski definition) is 1. The molecule has 19 heavy (non-hydrogen) atoms. The number of anilines is 1. The predicted octanol–water partition coefficient (Wildman–Crippen LogP) is 3.66. The standard InChI is InChI=1S/C14H10F3NO/c1-8-3-2-4-9(7-8)18-14(19)10-5-6-11(15)13(17)12(10)16/h2-7H,1H3,(H,18,19). The van der Waals surface area contributed by atoms with Gasteiger partial charge in [-0.25, -0.2) is 13.2 Å². The highest BCUT2D eigenvalue weighted by Crippen LogP contribution is 2.17. The fraction of sp³-hybridized carbons (Fsp3) is 0.0714. The second-order valence-electron chi connectivity index (χ2n) is 4.05. The molecule has 1 N–H and O–H groups in total. The summed E-state index contributed by atoms with van der Waals surface area (Å²) >= 11 is 0. The number of carbonyl (C=O) groups is 1. The summed E-state index contributed by atoms with van der Waals surface area (Å²) in [7, 11) is 0. The molecule has 0 spiro atoms. The molecule has 2 nitrogen and oxygen atoms in total. The van der Waals surface area contributed by atoms with Crippen molar-refractivity contribution in [2.24, 2.45) is 0 Å². The maximum atomic E-state index is 13.4. The molecule has 0 bridgehead atoms. The molecule has 0 aliphatic carbocycles. The third kappa shape index (κ3) is 2.76. The van der Waals surface area contributed by atoms with Crippen molar-refractivity contribution in [3.63, 3.8) is 0 Å². The van der Waals surface area contributed by atoms with Crippen LogP contribution in [0.2, 0.25) is 0 Å². The first kappa shape index (κ1) is 13.1. The van der Waals surface area contributed by atoms with Gasteiger partial charge in [0.15, 0.2) is 17.5 Å². The van der Waals surface area contributed by atoms with E-state index in [2.05, 4.69) is 5.32 Å². The molecule has 0 saturated carbocycles. The molecule has 2 aromatic rings. The Morgan fingerprint density at radius 3 is 2.47 bits per heavy atom. The normalized spacial score (nSPS) is 10.3. The maximum Gasteiger partial charge on any atom is 0.258 e. The smallest absolute Gasteiger partial charge is 0.258 e. The molecule has 0 heterocycles. The summed E-state index contributed by atoms with van der Waals surface area (Å²) in [6, 6.07) is 8.45. The predicted molar refractivity (Wildman–Crippen MR) is 65.4 cm³/mol. The number of rotatable bonds is 2. The lowest BCUT2D eigenvalue weighted by Gasteiger charge is -2.07. The Kier molecular flexibility index (Phi) is 3.55. The van der Waals surface area contributed by atoms with E-state index in [1.54, 1.807) is 18.2 Å². The van der Waals surface area contributed by atoms with Crippen molar-refractivity contribution in [1.82, 2.24) is 0 Å². The summed E-state index contributed by atoms with van der Waals surface area (Å²) < 4.78 is 39.2. The van der Waals surface area contributed by atoms with Crippen LogP contribution in [0.1, 0.15) is 15.9 Å². The molecular formula is C14H10F3NO. The molecule has 2 aromatic carbocycles. The summed E-state index contributed by atoms with van der Waals surface area (Å²) in [6.45, 7) is 1.83. The zero-order chi connectivity index (χ0) is 14.0. The van der Waals surface area contributed by atoms with Gasteiger partial charge in [-0.05, 0) is 36.8 Å². The highest BCUT2D eigenvalue weighted by molar-refractivity contribution is 6.04. The van der Waals surface area contributed by atoms with Crippen LogP contribution in [0.15, 0.2) is 36.4 Å². The van der Waals surface area contributed by atoms with E-state index in [0.29, 0.717) is 11.8 Å². The minimum atomic E-state index is -1.66. The number of benzene rings is 2. The Hall–Kier alpha value is -2.30. The van der Waals surface area contributed by atoms with Crippen molar-refractivity contribution in [3.8, 4) is 0 Å². The second-order valence-corrected chi connectivity index (χ2v) is 4.05. The lowest BCUT2D eigenvalue weighted by molar-refractivity contribution is 0.102. The molecule has 2 rings (SSSR count). The van der Waals surface area contributed by atoms with Crippen molar-refractivity contribution in [2.75, 3.05) is 5.32 Å². The maximum absolute atomic E-state index is 13.4. The highest BCUT2D eigenvalue weighted by Gasteiger charge is 2.18. The number of carbonyl (C=O) groups excluding carboxylic acids is 1. The third-order valence-corrected chi connectivity index (χ3v) is 2.56. The summed E-state index contributed by atoms with van der Waals surface area (Å²) in [6.07, 6.45) is 0. The van der Waals surface area contributed by atoms with Gasteiger partial charge in [0, 0.05) is 5.69 Å². The van der Waals surface area contributed by atoms with Crippen molar-refractivity contribution in [1.29, 1.82) is 0 Å². The summed E-state index contributed by atoms with van der Waals surface area (Å²) in [5, 5.41) is 2.42. The van der Waals surface area contributed by atoms with E-state index >= 15 is 0 Å². The fourth-order valence-corrected chi connectivity index (χ4v) is 1.62. The molecule has 1 amide bonds. The van der Waals surface area contributed by atoms with Gasteiger partial charge >= 0.3 is 0 Å². The molecule has 0 fully saturated rings. The van der Waals surface area contributed by atoms with E-state index in [-0.39, 0.29) is 0 Å². The van der Waals surface area contributed by atoms with Gasteiger partial charge in [-0.15, -0.1) is 0 Å². The van der Waals surface area contributed by atoms with Gasteiger partial charge in [0.05, 0.1) is 5.56 Å². The number of halogens is 3. The van der Waals surface area contributed by atoms with Crippen molar-refractivity contribution in [3.05, 3.63) is 65.0 Å². The SMILES string of the molecule is Cc1cccc(NC(=O)c2ccc(F)c(F)c2F)c1. The average molecular weight is 265 g/mol. The Morgan fingerprint density at radius 1 is 1.05 bits per heavy atom. The fourth-order valence-electron chi connectivity index (χ4n) is 1.62. The van der Waals surface area contributed by atoms with E-state index in [1.165, 1.54) is 0 Å². The molecule has 0 aliphatic rings. The Balaban J connectivity index is 2.28. The molecule has 0 radical (unpaired) electrons. The van der Waals surface area contributed by atoms with E-state index in [4.69, 9.17) is 0 Å². The van der Waals surface area contributed by atoms with Gasteiger partial charge in [-0.1, -0.05) is 12.1 Å². The Bertz CT molecular complexity index is 641. The van der Waals surface area contributed by atoms with E-state index in [9.17, 15) is 18.0 Å². The van der Waals surface area contributed by atoms with Gasteiger partial charge in [-0.2, -0.15) is 0 Å². The van der Waals surface area contributed by atoms with Crippen LogP contribution in [0, 0.1) is 24.4 Å². The molecule has 0 saturated heterocycles. The van der Waals surface area contributed by atoms with Crippen LogP contribution >= 0.6 is 0 Å². The van der Waals surface area contributed by atoms with Gasteiger partial charge in [0.2, 0.25) is 0 Å².